The molecule has 1 atom stereocenters. The Balaban J connectivity index is 2.03. The van der Waals surface area contributed by atoms with E-state index in [1.807, 2.05) is 0 Å². The Morgan fingerprint density at radius 2 is 2.10 bits per heavy atom. The molecular formula is C18H20BrNO. The van der Waals surface area contributed by atoms with Crippen LogP contribution in [0.2, 0.25) is 0 Å². The fourth-order valence-electron chi connectivity index (χ4n) is 2.88. The van der Waals surface area contributed by atoms with Crippen LogP contribution in [0.15, 0.2) is 40.9 Å². The molecule has 0 radical (unpaired) electrons. The number of ether oxygens (including phenoxy) is 1. The Kier molecular flexibility index (Phi) is 4.32. The van der Waals surface area contributed by atoms with Crippen molar-refractivity contribution in [3.8, 4) is 5.75 Å². The minimum absolute atomic E-state index is 0.204. The maximum absolute atomic E-state index is 5.61. The molecule has 1 N–H and O–H groups in total. The number of nitrogens with one attached hydrogen (secondary N) is 1. The monoisotopic (exact) mass is 345 g/mol. The minimum Gasteiger partial charge on any atom is -0.493 e. The van der Waals surface area contributed by atoms with E-state index in [0.29, 0.717) is 0 Å². The topological polar surface area (TPSA) is 21.3 Å². The molecule has 0 fully saturated rings. The van der Waals surface area contributed by atoms with Crippen LogP contribution in [0.5, 0.6) is 5.75 Å². The van der Waals surface area contributed by atoms with Crippen LogP contribution >= 0.6 is 15.9 Å². The van der Waals surface area contributed by atoms with Crippen LogP contribution in [0.1, 0.15) is 35.2 Å². The van der Waals surface area contributed by atoms with Gasteiger partial charge in [-0.05, 0) is 42.3 Å². The molecule has 1 unspecified atom stereocenters. The number of fused-ring (bicyclic) bond motifs is 1. The standard InChI is InChI=1S/C18H20BrNO/c1-3-20-18(15-10-12(2)4-6-16(15)19)14-5-7-17-13(11-14)8-9-21-17/h4-7,10-11,18,20H,3,8-9H2,1-2H3. The van der Waals surface area contributed by atoms with Crippen LogP contribution in [0.25, 0.3) is 0 Å². The highest BCUT2D eigenvalue weighted by molar-refractivity contribution is 9.10. The lowest BCUT2D eigenvalue weighted by atomic mass is 9.95. The van der Waals surface area contributed by atoms with Gasteiger partial charge in [-0.3, -0.25) is 0 Å². The SMILES string of the molecule is CCNC(c1ccc2c(c1)CCO2)c1cc(C)ccc1Br. The second kappa shape index (κ2) is 6.20. The molecule has 0 saturated carbocycles. The average Bonchev–Trinajstić information content (AvgIpc) is 2.95. The molecule has 1 heterocycles. The van der Waals surface area contributed by atoms with Gasteiger partial charge < -0.3 is 10.1 Å². The van der Waals surface area contributed by atoms with Gasteiger partial charge in [-0.1, -0.05) is 52.7 Å². The number of hydrogen-bond acceptors (Lipinski definition) is 2. The second-order valence-corrected chi connectivity index (χ2v) is 6.34. The lowest BCUT2D eigenvalue weighted by Crippen LogP contribution is -2.22. The fourth-order valence-corrected chi connectivity index (χ4v) is 3.36. The molecule has 3 rings (SSSR count). The summed E-state index contributed by atoms with van der Waals surface area (Å²) < 4.78 is 6.76. The maximum atomic E-state index is 5.61. The second-order valence-electron chi connectivity index (χ2n) is 5.48. The Hall–Kier alpha value is -1.32. The predicted octanol–water partition coefficient (Wildman–Crippen LogP) is 4.39. The van der Waals surface area contributed by atoms with Crippen LogP contribution in [-0.4, -0.2) is 13.2 Å². The highest BCUT2D eigenvalue weighted by Crippen LogP contribution is 2.33. The maximum Gasteiger partial charge on any atom is 0.122 e. The van der Waals surface area contributed by atoms with Gasteiger partial charge >= 0.3 is 0 Å². The summed E-state index contributed by atoms with van der Waals surface area (Å²) in [6.07, 6.45) is 1.01. The van der Waals surface area contributed by atoms with Crippen LogP contribution in [0, 0.1) is 6.92 Å². The lowest BCUT2D eigenvalue weighted by molar-refractivity contribution is 0.357. The van der Waals surface area contributed by atoms with E-state index in [9.17, 15) is 0 Å². The van der Waals surface area contributed by atoms with Crippen molar-refractivity contribution in [2.24, 2.45) is 0 Å². The molecule has 110 valence electrons. The summed E-state index contributed by atoms with van der Waals surface area (Å²) in [7, 11) is 0. The van der Waals surface area contributed by atoms with Crippen molar-refractivity contribution >= 4 is 15.9 Å². The largest absolute Gasteiger partial charge is 0.493 e. The van der Waals surface area contributed by atoms with Crippen molar-refractivity contribution in [2.75, 3.05) is 13.2 Å². The number of halogens is 1. The molecule has 0 aromatic heterocycles. The molecule has 1 aliphatic rings. The zero-order valence-electron chi connectivity index (χ0n) is 12.4. The van der Waals surface area contributed by atoms with E-state index in [1.165, 1.54) is 22.3 Å². The van der Waals surface area contributed by atoms with Gasteiger partial charge in [0.25, 0.3) is 0 Å². The van der Waals surface area contributed by atoms with E-state index < -0.39 is 0 Å². The van der Waals surface area contributed by atoms with E-state index in [2.05, 4.69) is 71.5 Å². The molecule has 21 heavy (non-hydrogen) atoms. The van der Waals surface area contributed by atoms with Gasteiger partial charge in [0.05, 0.1) is 12.6 Å². The highest BCUT2D eigenvalue weighted by Gasteiger charge is 2.19. The van der Waals surface area contributed by atoms with Gasteiger partial charge in [0.2, 0.25) is 0 Å². The molecule has 0 bridgehead atoms. The Labute approximate surface area is 134 Å². The quantitative estimate of drug-likeness (QED) is 0.887. The first kappa shape index (κ1) is 14.6. The third-order valence-electron chi connectivity index (χ3n) is 3.92. The summed E-state index contributed by atoms with van der Waals surface area (Å²) in [5, 5.41) is 3.60. The van der Waals surface area contributed by atoms with E-state index in [4.69, 9.17) is 4.74 Å². The van der Waals surface area contributed by atoms with Crippen molar-refractivity contribution in [1.29, 1.82) is 0 Å². The molecule has 1 aliphatic heterocycles. The number of benzene rings is 2. The van der Waals surface area contributed by atoms with Crippen LogP contribution < -0.4 is 10.1 Å². The molecule has 0 spiro atoms. The van der Waals surface area contributed by atoms with Crippen molar-refractivity contribution in [3.05, 3.63) is 63.1 Å². The normalized spacial score (nSPS) is 14.6. The molecule has 2 nitrogen and oxygen atoms in total. The van der Waals surface area contributed by atoms with E-state index in [0.717, 1.165) is 29.8 Å². The third-order valence-corrected chi connectivity index (χ3v) is 4.64. The Bertz CT molecular complexity index is 654. The molecule has 0 aliphatic carbocycles. The molecule has 0 saturated heterocycles. The van der Waals surface area contributed by atoms with E-state index in [1.54, 1.807) is 0 Å². The van der Waals surface area contributed by atoms with Crippen molar-refractivity contribution in [1.82, 2.24) is 5.32 Å². The summed E-state index contributed by atoms with van der Waals surface area (Å²) in [4.78, 5) is 0. The number of aryl methyl sites for hydroxylation is 1. The highest BCUT2D eigenvalue weighted by atomic mass is 79.9. The zero-order valence-corrected chi connectivity index (χ0v) is 14.0. The summed E-state index contributed by atoms with van der Waals surface area (Å²) in [5.41, 5.74) is 5.18. The van der Waals surface area contributed by atoms with Gasteiger partial charge in [0.15, 0.2) is 0 Å². The Morgan fingerprint density at radius 1 is 1.24 bits per heavy atom. The van der Waals surface area contributed by atoms with Crippen molar-refractivity contribution in [3.63, 3.8) is 0 Å². The Morgan fingerprint density at radius 3 is 2.90 bits per heavy atom. The van der Waals surface area contributed by atoms with Crippen LogP contribution in [0.3, 0.4) is 0 Å². The van der Waals surface area contributed by atoms with Gasteiger partial charge in [-0.25, -0.2) is 0 Å². The average molecular weight is 346 g/mol. The smallest absolute Gasteiger partial charge is 0.122 e. The first-order valence-electron chi connectivity index (χ1n) is 7.44. The van der Waals surface area contributed by atoms with E-state index >= 15 is 0 Å². The minimum atomic E-state index is 0.204. The van der Waals surface area contributed by atoms with Gasteiger partial charge in [-0.2, -0.15) is 0 Å². The summed E-state index contributed by atoms with van der Waals surface area (Å²) >= 11 is 3.70. The fraction of sp³-hybridized carbons (Fsp3) is 0.333. The van der Waals surface area contributed by atoms with Crippen LogP contribution in [0.4, 0.5) is 0 Å². The van der Waals surface area contributed by atoms with E-state index in [-0.39, 0.29) is 6.04 Å². The third kappa shape index (κ3) is 2.99. The molecule has 2 aromatic carbocycles. The molecule has 2 aromatic rings. The number of hydrogen-bond donors (Lipinski definition) is 1. The summed E-state index contributed by atoms with van der Waals surface area (Å²) in [6, 6.07) is 13.3. The zero-order chi connectivity index (χ0) is 14.8. The molecule has 0 amide bonds. The molecule has 3 heteroatoms. The van der Waals surface area contributed by atoms with Crippen LogP contribution in [-0.2, 0) is 6.42 Å². The predicted molar refractivity (Wildman–Crippen MR) is 90.0 cm³/mol. The van der Waals surface area contributed by atoms with Gasteiger partial charge in [-0.15, -0.1) is 0 Å². The summed E-state index contributed by atoms with van der Waals surface area (Å²) in [5.74, 6) is 1.04. The van der Waals surface area contributed by atoms with Gasteiger partial charge in [0.1, 0.15) is 5.75 Å². The molecular weight excluding hydrogens is 326 g/mol. The summed E-state index contributed by atoms with van der Waals surface area (Å²) in [6.45, 7) is 6.01. The first-order chi connectivity index (χ1) is 10.2. The first-order valence-corrected chi connectivity index (χ1v) is 8.23. The van der Waals surface area contributed by atoms with Crippen molar-refractivity contribution in [2.45, 2.75) is 26.3 Å². The lowest BCUT2D eigenvalue weighted by Gasteiger charge is -2.21. The van der Waals surface area contributed by atoms with Crippen molar-refractivity contribution < 1.29 is 4.74 Å². The van der Waals surface area contributed by atoms with Gasteiger partial charge in [0, 0.05) is 10.9 Å². The number of rotatable bonds is 4.